The van der Waals surface area contributed by atoms with Gasteiger partial charge in [0.25, 0.3) is 0 Å². The van der Waals surface area contributed by atoms with E-state index < -0.39 is 7.92 Å². The van der Waals surface area contributed by atoms with Crippen molar-refractivity contribution in [2.75, 3.05) is 0 Å². The Bertz CT molecular complexity index is 846. The van der Waals surface area contributed by atoms with Crippen LogP contribution in [-0.2, 0) is 19.8 Å². The summed E-state index contributed by atoms with van der Waals surface area (Å²) in [6, 6.07) is 22.3. The summed E-state index contributed by atoms with van der Waals surface area (Å²) < 4.78 is 0. The fourth-order valence-corrected chi connectivity index (χ4v) is 5.32. The second-order valence-corrected chi connectivity index (χ2v) is 8.18. The second kappa shape index (κ2) is 9.03. The molecule has 0 heterocycles. The Morgan fingerprint density at radius 2 is 1.15 bits per heavy atom. The minimum atomic E-state index is -1.37. The van der Waals surface area contributed by atoms with E-state index in [9.17, 15) is 20.1 Å². The molecule has 138 valence electrons. The van der Waals surface area contributed by atoms with Gasteiger partial charge in [-0.2, -0.15) is 0 Å². The van der Waals surface area contributed by atoms with Crippen molar-refractivity contribution < 1.29 is 20.1 Å². The molecule has 0 aromatic heterocycles. The van der Waals surface area contributed by atoms with Gasteiger partial charge < -0.3 is 15.3 Å². The quantitative estimate of drug-likeness (QED) is 0.550. The molecule has 0 fully saturated rings. The smallest absolute Gasteiger partial charge is 0.193 e. The molecule has 0 aliphatic heterocycles. The van der Waals surface area contributed by atoms with Crippen molar-refractivity contribution in [3.8, 4) is 0 Å². The third kappa shape index (κ3) is 4.15. The first-order valence-corrected chi connectivity index (χ1v) is 9.95. The van der Waals surface area contributed by atoms with Gasteiger partial charge in [-0.05, 0) is 27.3 Å². The van der Waals surface area contributed by atoms with E-state index >= 15 is 0 Å². The highest BCUT2D eigenvalue weighted by atomic mass is 31.1. The molecule has 4 nitrogen and oxygen atoms in total. The predicted octanol–water partition coefficient (Wildman–Crippen LogP) is 2.44. The number of hydrogen-bond donors (Lipinski definition) is 3. The van der Waals surface area contributed by atoms with E-state index in [2.05, 4.69) is 0 Å². The zero-order valence-corrected chi connectivity index (χ0v) is 15.6. The topological polar surface area (TPSA) is 77.8 Å². The Labute approximate surface area is 159 Å². The largest absolute Gasteiger partial charge is 0.392 e. The molecule has 0 radical (unpaired) electrons. The number of aliphatic hydroxyl groups excluding tert-OH is 3. The van der Waals surface area contributed by atoms with Crippen molar-refractivity contribution >= 4 is 24.1 Å². The molecule has 3 aromatic rings. The van der Waals surface area contributed by atoms with E-state index in [0.717, 1.165) is 10.6 Å². The summed E-state index contributed by atoms with van der Waals surface area (Å²) in [5.74, 6) is 0. The van der Waals surface area contributed by atoms with Gasteiger partial charge in [-0.15, -0.1) is 0 Å². The van der Waals surface area contributed by atoms with Crippen LogP contribution in [0.5, 0.6) is 0 Å². The number of carbonyl (C=O) groups is 1. The zero-order chi connectivity index (χ0) is 19.2. The van der Waals surface area contributed by atoms with Crippen LogP contribution < -0.4 is 10.6 Å². The van der Waals surface area contributed by atoms with Crippen molar-refractivity contribution in [2.45, 2.75) is 19.8 Å². The van der Waals surface area contributed by atoms with Gasteiger partial charge >= 0.3 is 0 Å². The number of aliphatic hydroxyl groups is 3. The standard InChI is InChI=1S/C22H21O4P/c23-13-16-11-17(14-24)21(18(12-16)15-25)22(26)27(19-7-3-1-4-8-19)20-9-5-2-6-10-20/h1-12,23-25H,13-15H2. The van der Waals surface area contributed by atoms with Gasteiger partial charge in [0, 0.05) is 13.5 Å². The van der Waals surface area contributed by atoms with Crippen molar-refractivity contribution in [1.82, 2.24) is 0 Å². The van der Waals surface area contributed by atoms with Crippen molar-refractivity contribution in [2.24, 2.45) is 0 Å². The Kier molecular flexibility index (Phi) is 6.49. The van der Waals surface area contributed by atoms with Crippen LogP contribution in [0.25, 0.3) is 0 Å². The van der Waals surface area contributed by atoms with E-state index in [4.69, 9.17) is 0 Å². The maximum atomic E-state index is 13.6. The highest BCUT2D eigenvalue weighted by molar-refractivity contribution is 7.88. The molecule has 3 aromatic carbocycles. The monoisotopic (exact) mass is 380 g/mol. The third-order valence-corrected chi connectivity index (χ3v) is 6.59. The SMILES string of the molecule is O=C(c1c(CO)cc(CO)cc1CO)P(c1ccccc1)c1ccccc1. The normalized spacial score (nSPS) is 11.0. The van der Waals surface area contributed by atoms with Crippen LogP contribution in [0.15, 0.2) is 72.8 Å². The first kappa shape index (κ1) is 19.4. The van der Waals surface area contributed by atoms with Crippen LogP contribution in [0, 0.1) is 0 Å². The summed E-state index contributed by atoms with van der Waals surface area (Å²) in [5.41, 5.74) is 1.63. The fourth-order valence-electron chi connectivity index (χ4n) is 3.10. The van der Waals surface area contributed by atoms with E-state index in [1.54, 1.807) is 12.1 Å². The van der Waals surface area contributed by atoms with Gasteiger partial charge in [0.05, 0.1) is 19.8 Å². The molecule has 0 aliphatic rings. The van der Waals surface area contributed by atoms with E-state index in [1.165, 1.54) is 0 Å². The number of benzene rings is 3. The predicted molar refractivity (Wildman–Crippen MR) is 108 cm³/mol. The van der Waals surface area contributed by atoms with Crippen molar-refractivity contribution in [1.29, 1.82) is 0 Å². The summed E-state index contributed by atoms with van der Waals surface area (Å²) in [6.07, 6.45) is 0. The average molecular weight is 380 g/mol. The highest BCUT2D eigenvalue weighted by Crippen LogP contribution is 2.40. The first-order chi connectivity index (χ1) is 13.2. The molecule has 0 saturated heterocycles. The summed E-state index contributed by atoms with van der Waals surface area (Å²) >= 11 is 0. The highest BCUT2D eigenvalue weighted by Gasteiger charge is 2.27. The number of carbonyl (C=O) groups excluding carboxylic acids is 1. The van der Waals surface area contributed by atoms with Gasteiger partial charge in [0.1, 0.15) is 0 Å². The molecular formula is C22H21O4P. The molecule has 0 aliphatic carbocycles. The Morgan fingerprint density at radius 1 is 0.704 bits per heavy atom. The van der Waals surface area contributed by atoms with Crippen LogP contribution in [0.1, 0.15) is 27.0 Å². The van der Waals surface area contributed by atoms with E-state index in [1.807, 2.05) is 60.7 Å². The third-order valence-electron chi connectivity index (χ3n) is 4.33. The summed E-state index contributed by atoms with van der Waals surface area (Å²) in [5, 5.41) is 30.9. The lowest BCUT2D eigenvalue weighted by atomic mass is 9.99. The molecule has 3 rings (SSSR count). The molecule has 5 heteroatoms. The minimum Gasteiger partial charge on any atom is -0.392 e. The molecule has 0 amide bonds. The van der Waals surface area contributed by atoms with Gasteiger partial charge in [0.2, 0.25) is 0 Å². The van der Waals surface area contributed by atoms with E-state index in [0.29, 0.717) is 22.3 Å². The van der Waals surface area contributed by atoms with Gasteiger partial charge in [-0.25, -0.2) is 0 Å². The van der Waals surface area contributed by atoms with Gasteiger partial charge in [0.15, 0.2) is 5.52 Å². The lowest BCUT2D eigenvalue weighted by molar-refractivity contribution is 0.107. The number of rotatable bonds is 7. The van der Waals surface area contributed by atoms with E-state index in [-0.39, 0.29) is 25.3 Å². The van der Waals surface area contributed by atoms with Crippen LogP contribution in [0.2, 0.25) is 0 Å². The maximum absolute atomic E-state index is 13.6. The lowest BCUT2D eigenvalue weighted by Crippen LogP contribution is -2.20. The summed E-state index contributed by atoms with van der Waals surface area (Å²) in [4.78, 5) is 13.6. The summed E-state index contributed by atoms with van der Waals surface area (Å²) in [6.45, 7) is -0.899. The zero-order valence-electron chi connectivity index (χ0n) is 14.7. The van der Waals surface area contributed by atoms with Crippen LogP contribution in [0.3, 0.4) is 0 Å². The molecule has 0 atom stereocenters. The van der Waals surface area contributed by atoms with Crippen LogP contribution in [-0.4, -0.2) is 20.8 Å². The first-order valence-electron chi connectivity index (χ1n) is 8.61. The number of hydrogen-bond acceptors (Lipinski definition) is 4. The Hall–Kier alpha value is -2.36. The molecule has 3 N–H and O–H groups in total. The van der Waals surface area contributed by atoms with Crippen LogP contribution in [0.4, 0.5) is 0 Å². The Balaban J connectivity index is 2.18. The molecule has 0 unspecified atom stereocenters. The van der Waals surface area contributed by atoms with Crippen molar-refractivity contribution in [3.05, 3.63) is 95.1 Å². The average Bonchev–Trinajstić information content (AvgIpc) is 2.74. The second-order valence-electron chi connectivity index (χ2n) is 6.08. The molecule has 27 heavy (non-hydrogen) atoms. The maximum Gasteiger partial charge on any atom is 0.193 e. The van der Waals surface area contributed by atoms with Gasteiger partial charge in [-0.1, -0.05) is 72.8 Å². The molecule has 0 bridgehead atoms. The molecular weight excluding hydrogens is 359 g/mol. The molecule has 0 spiro atoms. The lowest BCUT2D eigenvalue weighted by Gasteiger charge is -2.21. The van der Waals surface area contributed by atoms with Gasteiger partial charge in [-0.3, -0.25) is 4.79 Å². The van der Waals surface area contributed by atoms with Crippen molar-refractivity contribution in [3.63, 3.8) is 0 Å². The minimum absolute atomic E-state index is 0.125. The fraction of sp³-hybridized carbons (Fsp3) is 0.136. The molecule has 0 saturated carbocycles. The Morgan fingerprint density at radius 3 is 1.52 bits per heavy atom. The summed E-state index contributed by atoms with van der Waals surface area (Å²) in [7, 11) is -1.37. The van der Waals surface area contributed by atoms with Crippen LogP contribution >= 0.6 is 7.92 Å².